The number of aromatic nitrogens is 3. The molecular weight excluding hydrogens is 330 g/mol. The molecule has 0 fully saturated rings. The number of benzene rings is 1. The minimum Gasteiger partial charge on any atom is -0.481 e. The highest BCUT2D eigenvalue weighted by atomic mass is 32.3. The minimum atomic E-state index is -0.817. The summed E-state index contributed by atoms with van der Waals surface area (Å²) in [6, 6.07) is 10.5. The normalized spacial score (nSPS) is 26.9. The Morgan fingerprint density at radius 2 is 2.04 bits per heavy atom. The lowest BCUT2D eigenvalue weighted by Gasteiger charge is -2.37. The van der Waals surface area contributed by atoms with E-state index in [1.54, 1.807) is 7.11 Å². The monoisotopic (exact) mass is 351 g/mol. The highest BCUT2D eigenvalue weighted by Crippen LogP contribution is 2.63. The van der Waals surface area contributed by atoms with Crippen LogP contribution in [0.1, 0.15) is 6.42 Å². The Bertz CT molecular complexity index is 992. The van der Waals surface area contributed by atoms with Crippen LogP contribution in [0.3, 0.4) is 0 Å². The molecule has 25 heavy (non-hydrogen) atoms. The van der Waals surface area contributed by atoms with Crippen LogP contribution in [0.15, 0.2) is 53.8 Å². The molecule has 0 aliphatic carbocycles. The Balaban J connectivity index is 1.62. The van der Waals surface area contributed by atoms with E-state index >= 15 is 0 Å². The lowest BCUT2D eigenvalue weighted by molar-refractivity contribution is 0.398. The number of imidazole rings is 1. The number of fused-ring (bicyclic) bond motifs is 5. The van der Waals surface area contributed by atoms with Gasteiger partial charge in [0.2, 0.25) is 5.88 Å². The van der Waals surface area contributed by atoms with Crippen LogP contribution in [-0.2, 0) is 6.54 Å². The Hall–Kier alpha value is -2.27. The zero-order valence-electron chi connectivity index (χ0n) is 14.5. The van der Waals surface area contributed by atoms with Crippen LogP contribution in [-0.4, -0.2) is 38.9 Å². The number of hydrogen-bond acceptors (Lipinski definition) is 3. The number of allylic oxidation sites excluding steroid dienone is 1. The van der Waals surface area contributed by atoms with Gasteiger partial charge >= 0.3 is 0 Å². The summed E-state index contributed by atoms with van der Waals surface area (Å²) in [5.74, 6) is 1.82. The molecule has 2 atom stereocenters. The van der Waals surface area contributed by atoms with Crippen LogP contribution < -0.4 is 4.74 Å². The molecule has 2 aliphatic rings. The molecule has 0 amide bonds. The summed E-state index contributed by atoms with van der Waals surface area (Å²) >= 11 is 0. The van der Waals surface area contributed by atoms with Crippen molar-refractivity contribution in [2.24, 2.45) is 0 Å². The van der Waals surface area contributed by atoms with Gasteiger partial charge in [-0.1, -0.05) is 18.2 Å². The second-order valence-corrected chi connectivity index (χ2v) is 10.6. The quantitative estimate of drug-likeness (QED) is 0.648. The third kappa shape index (κ3) is 2.15. The maximum atomic E-state index is 5.16. The molecule has 4 heterocycles. The van der Waals surface area contributed by atoms with E-state index < -0.39 is 10.0 Å². The summed E-state index contributed by atoms with van der Waals surface area (Å²) in [5, 5.41) is 2.08. The molecule has 3 aromatic rings. The first-order chi connectivity index (χ1) is 12.2. The van der Waals surface area contributed by atoms with Crippen molar-refractivity contribution in [3.05, 3.63) is 48.7 Å². The molecule has 0 radical (unpaired) electrons. The van der Waals surface area contributed by atoms with Crippen LogP contribution >= 0.6 is 10.0 Å². The lowest BCUT2D eigenvalue weighted by atomic mass is 10.1. The predicted molar refractivity (Wildman–Crippen MR) is 104 cm³/mol. The van der Waals surface area contributed by atoms with Crippen molar-refractivity contribution in [1.29, 1.82) is 0 Å². The van der Waals surface area contributed by atoms with Gasteiger partial charge in [0.05, 0.1) is 18.1 Å². The predicted octanol–water partition coefficient (Wildman–Crippen LogP) is 4.24. The number of ether oxygens (including phenoxy) is 1. The number of rotatable bonds is 2. The largest absolute Gasteiger partial charge is 0.481 e. The molecule has 5 rings (SSSR count). The number of nitrogens with zero attached hydrogens (tertiary/aromatic N) is 3. The second-order valence-electron chi connectivity index (χ2n) is 6.95. The highest BCUT2D eigenvalue weighted by molar-refractivity contribution is 8.33. The third-order valence-corrected chi connectivity index (χ3v) is 9.38. The number of hydrogen-bond donors (Lipinski definition) is 0. The van der Waals surface area contributed by atoms with Crippen molar-refractivity contribution in [3.8, 4) is 17.0 Å². The number of methoxy groups -OCH3 is 1. The first kappa shape index (κ1) is 15.0. The topological polar surface area (TPSA) is 39.9 Å². The smallest absolute Gasteiger partial charge is 0.212 e. The molecular formula is C20H21N3OS. The molecule has 0 spiro atoms. The summed E-state index contributed by atoms with van der Waals surface area (Å²) in [4.78, 5) is 9.38. The van der Waals surface area contributed by atoms with Crippen LogP contribution in [0.25, 0.3) is 22.2 Å². The van der Waals surface area contributed by atoms with Gasteiger partial charge in [-0.3, -0.25) is 0 Å². The molecule has 0 bridgehead atoms. The first-order valence-electron chi connectivity index (χ1n) is 8.60. The fourth-order valence-electron chi connectivity index (χ4n) is 4.02. The zero-order chi connectivity index (χ0) is 17.0. The molecule has 0 saturated heterocycles. The molecule has 0 N–H and O–H groups in total. The Labute approximate surface area is 148 Å². The highest BCUT2D eigenvalue weighted by Gasteiger charge is 2.41. The zero-order valence-corrected chi connectivity index (χ0v) is 15.3. The van der Waals surface area contributed by atoms with E-state index in [0.29, 0.717) is 5.88 Å². The SMILES string of the molecule is COc1ccc(-c2ccc3nc4n(c3c2)CC2CC=CCS42C)cn1. The molecule has 2 unspecified atom stereocenters. The number of pyridine rings is 1. The molecule has 5 heteroatoms. The summed E-state index contributed by atoms with van der Waals surface area (Å²) in [5.41, 5.74) is 4.65. The van der Waals surface area contributed by atoms with Gasteiger partial charge in [-0.25, -0.2) is 9.97 Å². The molecule has 4 nitrogen and oxygen atoms in total. The third-order valence-electron chi connectivity index (χ3n) is 5.54. The van der Waals surface area contributed by atoms with Gasteiger partial charge in [0.15, 0.2) is 5.16 Å². The Kier molecular flexibility index (Phi) is 3.22. The van der Waals surface area contributed by atoms with Gasteiger partial charge in [0.1, 0.15) is 0 Å². The van der Waals surface area contributed by atoms with Crippen molar-refractivity contribution >= 4 is 21.1 Å². The van der Waals surface area contributed by atoms with Gasteiger partial charge < -0.3 is 9.30 Å². The fourth-order valence-corrected chi connectivity index (χ4v) is 7.27. The van der Waals surface area contributed by atoms with Crippen molar-refractivity contribution in [1.82, 2.24) is 14.5 Å². The molecule has 128 valence electrons. The van der Waals surface area contributed by atoms with E-state index in [2.05, 4.69) is 52.2 Å². The maximum Gasteiger partial charge on any atom is 0.212 e. The van der Waals surface area contributed by atoms with Gasteiger partial charge in [-0.15, -0.1) is 0 Å². The summed E-state index contributed by atoms with van der Waals surface area (Å²) in [7, 11) is 0.823. The Morgan fingerprint density at radius 3 is 2.84 bits per heavy atom. The summed E-state index contributed by atoms with van der Waals surface area (Å²) < 4.78 is 7.64. The average molecular weight is 351 g/mol. The average Bonchev–Trinajstić information content (AvgIpc) is 3.15. The lowest BCUT2D eigenvalue weighted by Crippen LogP contribution is -2.19. The molecule has 0 saturated carbocycles. The van der Waals surface area contributed by atoms with E-state index in [-0.39, 0.29) is 0 Å². The van der Waals surface area contributed by atoms with Crippen molar-refractivity contribution in [2.45, 2.75) is 23.4 Å². The van der Waals surface area contributed by atoms with E-state index in [1.807, 2.05) is 12.3 Å². The van der Waals surface area contributed by atoms with Crippen LogP contribution in [0.5, 0.6) is 5.88 Å². The van der Waals surface area contributed by atoms with Gasteiger partial charge in [-0.05, 0) is 36.4 Å². The fraction of sp³-hybridized carbons (Fsp3) is 0.300. The van der Waals surface area contributed by atoms with Gasteiger partial charge in [0.25, 0.3) is 0 Å². The van der Waals surface area contributed by atoms with E-state index in [0.717, 1.165) is 22.9 Å². The summed E-state index contributed by atoms with van der Waals surface area (Å²) in [6.07, 6.45) is 10.2. The van der Waals surface area contributed by atoms with Gasteiger partial charge in [0, 0.05) is 35.4 Å². The van der Waals surface area contributed by atoms with Gasteiger partial charge in [-0.2, -0.15) is 10.0 Å². The van der Waals surface area contributed by atoms with Crippen molar-refractivity contribution < 1.29 is 4.74 Å². The molecule has 1 aromatic carbocycles. The second kappa shape index (κ2) is 5.36. The first-order valence-corrected chi connectivity index (χ1v) is 10.9. The van der Waals surface area contributed by atoms with Crippen molar-refractivity contribution in [3.63, 3.8) is 0 Å². The summed E-state index contributed by atoms with van der Waals surface area (Å²) in [6.45, 7) is 1.10. The molecule has 2 aliphatic heterocycles. The van der Waals surface area contributed by atoms with Crippen molar-refractivity contribution in [2.75, 3.05) is 19.1 Å². The van der Waals surface area contributed by atoms with Crippen LogP contribution in [0, 0.1) is 0 Å². The van der Waals surface area contributed by atoms with E-state index in [4.69, 9.17) is 9.72 Å². The minimum absolute atomic E-state index is 0.642. The standard InChI is InChI=1S/C20H21N3OS/c1-24-19-9-7-15(12-21-19)14-6-8-17-18(11-14)23-13-16-5-3-4-10-25(16,2)20(23)22-17/h3-4,6-9,11-12,16H,5,10,13H2,1-2H3. The Morgan fingerprint density at radius 1 is 1.16 bits per heavy atom. The molecule has 2 aromatic heterocycles. The van der Waals surface area contributed by atoms with Crippen LogP contribution in [0.2, 0.25) is 0 Å². The van der Waals surface area contributed by atoms with Crippen LogP contribution in [0.4, 0.5) is 0 Å². The maximum absolute atomic E-state index is 5.16. The van der Waals surface area contributed by atoms with E-state index in [1.165, 1.54) is 28.4 Å². The van der Waals surface area contributed by atoms with E-state index in [9.17, 15) is 0 Å².